The zero-order chi connectivity index (χ0) is 25.9. The van der Waals surface area contributed by atoms with Gasteiger partial charge in [0.05, 0.1) is 18.1 Å². The van der Waals surface area contributed by atoms with Crippen molar-refractivity contribution in [3.05, 3.63) is 42.9 Å². The van der Waals surface area contributed by atoms with Crippen molar-refractivity contribution in [3.8, 4) is 11.3 Å². The zero-order valence-corrected chi connectivity index (χ0v) is 21.5. The Morgan fingerprint density at radius 2 is 1.78 bits per heavy atom. The second-order valence-electron chi connectivity index (χ2n) is 10.5. The van der Waals surface area contributed by atoms with Crippen molar-refractivity contribution in [1.82, 2.24) is 19.9 Å². The Morgan fingerprint density at radius 3 is 2.47 bits per heavy atom. The molecule has 3 heterocycles. The standard InChI is InChI=1S/C27H34N6O3/c1-17(2)30-24-16-28-15-22(31-24)19-6-7-20-14-29-23(13-21(20)12-19)32-25(34)18-8-10-33(11-9-18)26(35)36-27(3,4)5/h6-7,12-18H,8-11H2,1-5H3,(H,30,31)(H,29,32,34). The molecule has 0 spiro atoms. The molecule has 9 heteroatoms. The van der Waals surface area contributed by atoms with E-state index in [9.17, 15) is 9.59 Å². The average molecular weight is 491 g/mol. The van der Waals surface area contributed by atoms with E-state index in [2.05, 4.69) is 39.4 Å². The molecule has 1 aliphatic heterocycles. The van der Waals surface area contributed by atoms with Crippen LogP contribution in [0.15, 0.2) is 42.9 Å². The number of anilines is 2. The van der Waals surface area contributed by atoms with Gasteiger partial charge in [0, 0.05) is 42.2 Å². The van der Waals surface area contributed by atoms with E-state index >= 15 is 0 Å². The predicted molar refractivity (Wildman–Crippen MR) is 141 cm³/mol. The van der Waals surface area contributed by atoms with Crippen LogP contribution in [0.4, 0.5) is 16.4 Å². The Labute approximate surface area is 211 Å². The molecule has 1 saturated heterocycles. The molecule has 190 valence electrons. The third-order valence-corrected chi connectivity index (χ3v) is 5.86. The fourth-order valence-corrected chi connectivity index (χ4v) is 4.12. The molecule has 0 saturated carbocycles. The number of pyridine rings is 1. The molecule has 2 aromatic heterocycles. The van der Waals surface area contributed by atoms with Gasteiger partial charge >= 0.3 is 6.09 Å². The first-order valence-electron chi connectivity index (χ1n) is 12.3. The number of piperidine rings is 1. The highest BCUT2D eigenvalue weighted by Gasteiger charge is 2.30. The van der Waals surface area contributed by atoms with Gasteiger partial charge in [-0.2, -0.15) is 0 Å². The first-order valence-corrected chi connectivity index (χ1v) is 12.3. The van der Waals surface area contributed by atoms with Gasteiger partial charge in [-0.15, -0.1) is 0 Å². The molecular weight excluding hydrogens is 456 g/mol. The number of rotatable bonds is 5. The van der Waals surface area contributed by atoms with Crippen LogP contribution < -0.4 is 10.6 Å². The summed E-state index contributed by atoms with van der Waals surface area (Å²) in [6, 6.07) is 8.13. The fraction of sp³-hybridized carbons (Fsp3) is 0.444. The lowest BCUT2D eigenvalue weighted by atomic mass is 9.96. The van der Waals surface area contributed by atoms with Crippen molar-refractivity contribution in [2.75, 3.05) is 23.7 Å². The van der Waals surface area contributed by atoms with E-state index < -0.39 is 5.60 Å². The van der Waals surface area contributed by atoms with Gasteiger partial charge < -0.3 is 20.3 Å². The fourth-order valence-electron chi connectivity index (χ4n) is 4.12. The summed E-state index contributed by atoms with van der Waals surface area (Å²) in [7, 11) is 0. The van der Waals surface area contributed by atoms with E-state index in [1.165, 1.54) is 0 Å². The van der Waals surface area contributed by atoms with E-state index in [-0.39, 0.29) is 24.0 Å². The lowest BCUT2D eigenvalue weighted by Gasteiger charge is -2.32. The largest absolute Gasteiger partial charge is 0.444 e. The summed E-state index contributed by atoms with van der Waals surface area (Å²) in [6.07, 6.45) is 6.04. The van der Waals surface area contributed by atoms with Crippen LogP contribution in [-0.4, -0.2) is 56.6 Å². The summed E-state index contributed by atoms with van der Waals surface area (Å²) < 4.78 is 5.44. The molecule has 0 atom stereocenters. The van der Waals surface area contributed by atoms with Crippen LogP contribution in [-0.2, 0) is 9.53 Å². The number of nitrogens with zero attached hydrogens (tertiary/aromatic N) is 4. The highest BCUT2D eigenvalue weighted by atomic mass is 16.6. The number of aromatic nitrogens is 3. The number of hydrogen-bond donors (Lipinski definition) is 2. The Balaban J connectivity index is 1.42. The van der Waals surface area contributed by atoms with Crippen LogP contribution in [0.5, 0.6) is 0 Å². The summed E-state index contributed by atoms with van der Waals surface area (Å²) in [5, 5.41) is 8.14. The van der Waals surface area contributed by atoms with Crippen molar-refractivity contribution in [2.24, 2.45) is 5.92 Å². The van der Waals surface area contributed by atoms with E-state index in [1.54, 1.807) is 23.5 Å². The molecule has 1 fully saturated rings. The maximum atomic E-state index is 12.9. The molecule has 1 aromatic carbocycles. The van der Waals surface area contributed by atoms with Crippen LogP contribution in [0, 0.1) is 5.92 Å². The van der Waals surface area contributed by atoms with Crippen molar-refractivity contribution < 1.29 is 14.3 Å². The minimum atomic E-state index is -0.534. The molecule has 0 radical (unpaired) electrons. The molecule has 0 unspecified atom stereocenters. The van der Waals surface area contributed by atoms with Gasteiger partial charge in [-0.1, -0.05) is 12.1 Å². The van der Waals surface area contributed by atoms with Crippen molar-refractivity contribution in [3.63, 3.8) is 0 Å². The SMILES string of the molecule is CC(C)Nc1cncc(-c2ccc3cnc(NC(=O)C4CCN(C(=O)OC(C)(C)C)CC4)cc3c2)n1. The Hall–Kier alpha value is -3.75. The molecule has 2 N–H and O–H groups in total. The molecule has 3 aromatic rings. The monoisotopic (exact) mass is 490 g/mol. The van der Waals surface area contributed by atoms with Gasteiger partial charge in [-0.05, 0) is 65.0 Å². The summed E-state index contributed by atoms with van der Waals surface area (Å²) in [5.74, 6) is 0.961. The number of likely N-dealkylation sites (tertiary alicyclic amines) is 1. The van der Waals surface area contributed by atoms with Gasteiger partial charge in [0.15, 0.2) is 0 Å². The van der Waals surface area contributed by atoms with Crippen LogP contribution in [0.2, 0.25) is 0 Å². The average Bonchev–Trinajstić information content (AvgIpc) is 2.82. The number of hydrogen-bond acceptors (Lipinski definition) is 7. The first kappa shape index (κ1) is 25.3. The van der Waals surface area contributed by atoms with Crippen molar-refractivity contribution in [2.45, 2.75) is 59.1 Å². The number of carbonyl (C=O) groups is 2. The van der Waals surface area contributed by atoms with E-state index in [1.807, 2.05) is 45.0 Å². The topological polar surface area (TPSA) is 109 Å². The zero-order valence-electron chi connectivity index (χ0n) is 21.5. The summed E-state index contributed by atoms with van der Waals surface area (Å²) in [5.41, 5.74) is 1.16. The maximum absolute atomic E-state index is 12.9. The normalized spacial score (nSPS) is 14.7. The highest BCUT2D eigenvalue weighted by molar-refractivity contribution is 5.95. The van der Waals surface area contributed by atoms with Crippen LogP contribution in [0.3, 0.4) is 0 Å². The molecule has 9 nitrogen and oxygen atoms in total. The third-order valence-electron chi connectivity index (χ3n) is 5.86. The van der Waals surface area contributed by atoms with Gasteiger partial charge in [0.2, 0.25) is 5.91 Å². The molecule has 36 heavy (non-hydrogen) atoms. The number of carbonyl (C=O) groups excluding carboxylic acids is 2. The van der Waals surface area contributed by atoms with Crippen LogP contribution in [0.25, 0.3) is 22.0 Å². The Morgan fingerprint density at radius 1 is 1.03 bits per heavy atom. The Bertz CT molecular complexity index is 1250. The van der Waals surface area contributed by atoms with Gasteiger partial charge in [-0.3, -0.25) is 9.78 Å². The molecular formula is C27H34N6O3. The number of amides is 2. The molecule has 2 amide bonds. The van der Waals surface area contributed by atoms with Crippen molar-refractivity contribution >= 4 is 34.4 Å². The first-order chi connectivity index (χ1) is 17.1. The van der Waals surface area contributed by atoms with E-state index in [4.69, 9.17) is 4.74 Å². The number of ether oxygens (including phenoxy) is 1. The van der Waals surface area contributed by atoms with Crippen molar-refractivity contribution in [1.29, 1.82) is 0 Å². The smallest absolute Gasteiger partial charge is 0.410 e. The summed E-state index contributed by atoms with van der Waals surface area (Å²) in [6.45, 7) is 10.6. The number of fused-ring (bicyclic) bond motifs is 1. The number of nitrogens with one attached hydrogen (secondary N) is 2. The second-order valence-corrected chi connectivity index (χ2v) is 10.5. The van der Waals surface area contributed by atoms with Gasteiger partial charge in [0.1, 0.15) is 17.2 Å². The maximum Gasteiger partial charge on any atom is 0.410 e. The lowest BCUT2D eigenvalue weighted by molar-refractivity contribution is -0.121. The van der Waals surface area contributed by atoms with Gasteiger partial charge in [0.25, 0.3) is 0 Å². The molecule has 0 bridgehead atoms. The van der Waals surface area contributed by atoms with Crippen LogP contribution >= 0.6 is 0 Å². The molecule has 0 aliphatic carbocycles. The Kier molecular flexibility index (Phi) is 7.37. The van der Waals surface area contributed by atoms with E-state index in [0.717, 1.165) is 27.8 Å². The minimum absolute atomic E-state index is 0.0832. The van der Waals surface area contributed by atoms with E-state index in [0.29, 0.717) is 31.7 Å². The molecule has 1 aliphatic rings. The predicted octanol–water partition coefficient (Wildman–Crippen LogP) is 5.10. The summed E-state index contributed by atoms with van der Waals surface area (Å²) >= 11 is 0. The third kappa shape index (κ3) is 6.47. The quantitative estimate of drug-likeness (QED) is 0.512. The summed E-state index contributed by atoms with van der Waals surface area (Å²) in [4.78, 5) is 40.3. The highest BCUT2D eigenvalue weighted by Crippen LogP contribution is 2.26. The minimum Gasteiger partial charge on any atom is -0.444 e. The van der Waals surface area contributed by atoms with Crippen LogP contribution in [0.1, 0.15) is 47.5 Å². The molecule has 4 rings (SSSR count). The lowest BCUT2D eigenvalue weighted by Crippen LogP contribution is -2.43. The van der Waals surface area contributed by atoms with Gasteiger partial charge in [-0.25, -0.2) is 14.8 Å². The second kappa shape index (κ2) is 10.5. The number of benzene rings is 1.